The number of imidazole rings is 1. The Hall–Kier alpha value is -1.50. The molecule has 0 aromatic carbocycles. The van der Waals surface area contributed by atoms with Crippen molar-refractivity contribution in [3.05, 3.63) is 6.20 Å². The lowest BCUT2D eigenvalue weighted by Gasteiger charge is -2.06. The first-order valence-corrected chi connectivity index (χ1v) is 5.66. The van der Waals surface area contributed by atoms with E-state index in [1.54, 1.807) is 17.8 Å². The van der Waals surface area contributed by atoms with E-state index in [1.165, 1.54) is 25.7 Å². The second-order valence-electron chi connectivity index (χ2n) is 3.18. The molecule has 1 rings (SSSR count). The van der Waals surface area contributed by atoms with Gasteiger partial charge in [0.05, 0.1) is 11.9 Å². The van der Waals surface area contributed by atoms with Gasteiger partial charge in [0.15, 0.2) is 5.16 Å². The van der Waals surface area contributed by atoms with Crippen molar-refractivity contribution >= 4 is 29.4 Å². The van der Waals surface area contributed by atoms with Gasteiger partial charge < -0.3 is 9.88 Å². The van der Waals surface area contributed by atoms with Crippen LogP contribution in [0.15, 0.2) is 11.4 Å². The molecule has 0 aliphatic heterocycles. The molecule has 0 bridgehead atoms. The molecule has 2 N–H and O–H groups in total. The van der Waals surface area contributed by atoms with Crippen molar-refractivity contribution < 1.29 is 9.59 Å². The van der Waals surface area contributed by atoms with Gasteiger partial charge in [0.1, 0.15) is 11.6 Å². The van der Waals surface area contributed by atoms with E-state index in [9.17, 15) is 9.59 Å². The van der Waals surface area contributed by atoms with Crippen LogP contribution in [0.1, 0.15) is 6.92 Å². The molecule has 1 aromatic rings. The predicted molar refractivity (Wildman–Crippen MR) is 62.7 cm³/mol. The van der Waals surface area contributed by atoms with Crippen LogP contribution in [0.3, 0.4) is 0 Å². The Kier molecular flexibility index (Phi) is 4.36. The number of aromatic nitrogens is 2. The van der Waals surface area contributed by atoms with Gasteiger partial charge >= 0.3 is 6.03 Å². The van der Waals surface area contributed by atoms with Gasteiger partial charge in [-0.05, 0) is 6.92 Å². The number of nitrogens with one attached hydrogen (secondary N) is 2. The SMILES string of the molecule is CNC(=O)Nc1cnc(SCC(C)=O)n1C. The van der Waals surface area contributed by atoms with E-state index in [-0.39, 0.29) is 11.8 Å². The lowest BCUT2D eigenvalue weighted by molar-refractivity contribution is -0.114. The van der Waals surface area contributed by atoms with E-state index in [1.807, 2.05) is 0 Å². The van der Waals surface area contributed by atoms with Crippen molar-refractivity contribution in [2.24, 2.45) is 7.05 Å². The predicted octanol–water partition coefficient (Wildman–Crippen LogP) is 0.852. The largest absolute Gasteiger partial charge is 0.341 e. The number of thioether (sulfide) groups is 1. The van der Waals surface area contributed by atoms with Crippen LogP contribution < -0.4 is 10.6 Å². The average Bonchev–Trinajstić information content (AvgIpc) is 2.57. The molecule has 0 atom stereocenters. The second-order valence-corrected chi connectivity index (χ2v) is 4.12. The molecule has 7 heteroatoms. The minimum Gasteiger partial charge on any atom is -0.341 e. The lowest BCUT2D eigenvalue weighted by Crippen LogP contribution is -2.25. The first kappa shape index (κ1) is 12.6. The molecule has 88 valence electrons. The van der Waals surface area contributed by atoms with Crippen LogP contribution in [-0.2, 0) is 11.8 Å². The molecular formula is C9H14N4O2S. The Morgan fingerprint density at radius 3 is 2.81 bits per heavy atom. The number of amides is 2. The van der Waals surface area contributed by atoms with Gasteiger partial charge in [0, 0.05) is 14.1 Å². The molecule has 16 heavy (non-hydrogen) atoms. The molecule has 0 unspecified atom stereocenters. The number of Topliss-reactive ketones (excluding diaryl/α,β-unsaturated/α-hetero) is 1. The summed E-state index contributed by atoms with van der Waals surface area (Å²) in [6.07, 6.45) is 1.55. The summed E-state index contributed by atoms with van der Waals surface area (Å²) < 4.78 is 1.73. The molecule has 6 nitrogen and oxygen atoms in total. The number of hydrogen-bond donors (Lipinski definition) is 2. The highest BCUT2D eigenvalue weighted by Crippen LogP contribution is 2.19. The van der Waals surface area contributed by atoms with Gasteiger partial charge in [-0.25, -0.2) is 9.78 Å². The van der Waals surface area contributed by atoms with Crippen LogP contribution in [0.25, 0.3) is 0 Å². The highest BCUT2D eigenvalue weighted by atomic mass is 32.2. The van der Waals surface area contributed by atoms with Crippen LogP contribution in [0.4, 0.5) is 10.6 Å². The van der Waals surface area contributed by atoms with Crippen molar-refractivity contribution in [3.63, 3.8) is 0 Å². The fourth-order valence-electron chi connectivity index (χ4n) is 0.988. The standard InChI is InChI=1S/C9H14N4O2S/c1-6(14)5-16-9-11-4-7(13(9)3)12-8(15)10-2/h4H,5H2,1-3H3,(H2,10,12,15). The van der Waals surface area contributed by atoms with Gasteiger partial charge in [-0.3, -0.25) is 10.1 Å². The number of carbonyl (C=O) groups excluding carboxylic acids is 2. The van der Waals surface area contributed by atoms with Crippen molar-refractivity contribution in [2.75, 3.05) is 18.1 Å². The molecule has 1 heterocycles. The Labute approximate surface area is 97.8 Å². The number of urea groups is 1. The first-order chi connectivity index (χ1) is 7.54. The number of anilines is 1. The van der Waals surface area contributed by atoms with E-state index in [2.05, 4.69) is 15.6 Å². The fraction of sp³-hybridized carbons (Fsp3) is 0.444. The molecule has 0 radical (unpaired) electrons. The molecular weight excluding hydrogens is 228 g/mol. The maximum atomic E-state index is 11.1. The summed E-state index contributed by atoms with van der Waals surface area (Å²) in [5.41, 5.74) is 0. The van der Waals surface area contributed by atoms with Crippen molar-refractivity contribution in [3.8, 4) is 0 Å². The summed E-state index contributed by atoms with van der Waals surface area (Å²) in [4.78, 5) is 26.0. The minimum atomic E-state index is -0.300. The summed E-state index contributed by atoms with van der Waals surface area (Å²) in [6, 6.07) is -0.300. The number of carbonyl (C=O) groups is 2. The van der Waals surface area contributed by atoms with E-state index >= 15 is 0 Å². The second kappa shape index (κ2) is 5.55. The quantitative estimate of drug-likeness (QED) is 0.768. The van der Waals surface area contributed by atoms with Gasteiger partial charge in [-0.15, -0.1) is 0 Å². The van der Waals surface area contributed by atoms with Crippen molar-refractivity contribution in [1.29, 1.82) is 0 Å². The van der Waals surface area contributed by atoms with E-state index in [0.717, 1.165) is 0 Å². The summed E-state index contributed by atoms with van der Waals surface area (Å²) >= 11 is 1.34. The lowest BCUT2D eigenvalue weighted by atomic mass is 10.5. The number of rotatable bonds is 4. The third kappa shape index (κ3) is 3.27. The molecule has 0 saturated heterocycles. The highest BCUT2D eigenvalue weighted by molar-refractivity contribution is 7.99. The number of ketones is 1. The topological polar surface area (TPSA) is 76.0 Å². The number of nitrogens with zero attached hydrogens (tertiary/aromatic N) is 2. The van der Waals surface area contributed by atoms with Gasteiger partial charge in [-0.2, -0.15) is 0 Å². The van der Waals surface area contributed by atoms with Gasteiger partial charge in [-0.1, -0.05) is 11.8 Å². The minimum absolute atomic E-state index is 0.0915. The molecule has 0 spiro atoms. The summed E-state index contributed by atoms with van der Waals surface area (Å²) in [5.74, 6) is 1.06. The van der Waals surface area contributed by atoms with Crippen LogP contribution >= 0.6 is 11.8 Å². The zero-order valence-electron chi connectivity index (χ0n) is 9.40. The monoisotopic (exact) mass is 242 g/mol. The molecule has 2 amide bonds. The number of hydrogen-bond acceptors (Lipinski definition) is 4. The zero-order valence-corrected chi connectivity index (χ0v) is 10.2. The summed E-state index contributed by atoms with van der Waals surface area (Å²) in [6.45, 7) is 1.53. The van der Waals surface area contributed by atoms with E-state index < -0.39 is 0 Å². The third-order valence-corrected chi connectivity index (χ3v) is 3.01. The van der Waals surface area contributed by atoms with E-state index in [0.29, 0.717) is 16.7 Å². The Morgan fingerprint density at radius 1 is 1.56 bits per heavy atom. The van der Waals surface area contributed by atoms with Gasteiger partial charge in [0.2, 0.25) is 0 Å². The van der Waals surface area contributed by atoms with Crippen LogP contribution in [0.5, 0.6) is 0 Å². The maximum absolute atomic E-state index is 11.1. The van der Waals surface area contributed by atoms with Crippen molar-refractivity contribution in [1.82, 2.24) is 14.9 Å². The molecule has 0 aliphatic carbocycles. The zero-order chi connectivity index (χ0) is 12.1. The van der Waals surface area contributed by atoms with Gasteiger partial charge in [0.25, 0.3) is 0 Å². The van der Waals surface area contributed by atoms with Crippen molar-refractivity contribution in [2.45, 2.75) is 12.1 Å². The molecule has 1 aromatic heterocycles. The molecule has 0 saturated carbocycles. The highest BCUT2D eigenvalue weighted by Gasteiger charge is 2.09. The first-order valence-electron chi connectivity index (χ1n) is 4.67. The summed E-state index contributed by atoms with van der Waals surface area (Å²) in [7, 11) is 3.32. The van der Waals surface area contributed by atoms with E-state index in [4.69, 9.17) is 0 Å². The normalized spacial score (nSPS) is 9.94. The smallest absolute Gasteiger partial charge is 0.320 e. The molecule has 0 fully saturated rings. The summed E-state index contributed by atoms with van der Waals surface area (Å²) in [5, 5.41) is 5.76. The average molecular weight is 242 g/mol. The Balaban J connectivity index is 2.68. The maximum Gasteiger partial charge on any atom is 0.320 e. The van der Waals surface area contributed by atoms with Crippen LogP contribution in [-0.4, -0.2) is 34.2 Å². The van der Waals surface area contributed by atoms with Crippen LogP contribution in [0, 0.1) is 0 Å². The Morgan fingerprint density at radius 2 is 2.25 bits per heavy atom. The third-order valence-electron chi connectivity index (χ3n) is 1.82. The van der Waals surface area contributed by atoms with Crippen LogP contribution in [0.2, 0.25) is 0 Å². The Bertz CT molecular complexity index is 402. The fourth-order valence-corrected chi connectivity index (χ4v) is 1.74. The molecule has 0 aliphatic rings.